The molecule has 0 aliphatic carbocycles. The van der Waals surface area contributed by atoms with Gasteiger partial charge in [-0.25, -0.2) is 4.98 Å². The van der Waals surface area contributed by atoms with Gasteiger partial charge in [-0.2, -0.15) is 5.26 Å². The number of benzene rings is 1. The van der Waals surface area contributed by atoms with Crippen molar-refractivity contribution in [1.29, 1.82) is 5.26 Å². The number of nitrogens with one attached hydrogen (secondary N) is 1. The Morgan fingerprint density at radius 3 is 2.83 bits per heavy atom. The molecule has 1 heterocycles. The van der Waals surface area contributed by atoms with E-state index in [1.807, 2.05) is 25.3 Å². The molecule has 0 aliphatic rings. The van der Waals surface area contributed by atoms with Gasteiger partial charge in [0, 0.05) is 21.2 Å². The highest BCUT2D eigenvalue weighted by atomic mass is 79.9. The number of hydrogen-bond donors (Lipinski definition) is 1. The fourth-order valence-corrected chi connectivity index (χ4v) is 2.89. The molecule has 92 valence electrons. The Labute approximate surface area is 119 Å². The molecule has 0 saturated carbocycles. The number of halogens is 1. The second-order valence-electron chi connectivity index (χ2n) is 4.02. The van der Waals surface area contributed by atoms with E-state index in [2.05, 4.69) is 39.2 Å². The quantitative estimate of drug-likeness (QED) is 0.918. The van der Waals surface area contributed by atoms with Crippen molar-refractivity contribution in [3.05, 3.63) is 44.3 Å². The zero-order valence-electron chi connectivity index (χ0n) is 10.1. The summed E-state index contributed by atoms with van der Waals surface area (Å²) in [4.78, 5) is 5.56. The number of rotatable bonds is 3. The minimum atomic E-state index is 0.129. The van der Waals surface area contributed by atoms with Gasteiger partial charge in [0.25, 0.3) is 0 Å². The van der Waals surface area contributed by atoms with Crippen LogP contribution in [0.4, 0.5) is 5.69 Å². The third kappa shape index (κ3) is 3.09. The van der Waals surface area contributed by atoms with Crippen LogP contribution in [0.15, 0.2) is 28.9 Å². The molecule has 0 amide bonds. The standard InChI is InChI=1S/C13H12BrN3S/c1-8-7-16-13(18-8)9(2)17-12-4-10(6-15)3-11(14)5-12/h3-5,7,9,17H,1-2H3. The highest BCUT2D eigenvalue weighted by molar-refractivity contribution is 9.10. The molecule has 2 rings (SSSR count). The predicted octanol–water partition coefficient (Wildman–Crippen LogP) is 4.26. The molecule has 0 spiro atoms. The lowest BCUT2D eigenvalue weighted by molar-refractivity contribution is 0.869. The summed E-state index contributed by atoms with van der Waals surface area (Å²) in [6.07, 6.45) is 1.87. The first-order chi connectivity index (χ1) is 8.58. The lowest BCUT2D eigenvalue weighted by Gasteiger charge is -2.13. The fraction of sp³-hybridized carbons (Fsp3) is 0.231. The maximum Gasteiger partial charge on any atom is 0.115 e. The van der Waals surface area contributed by atoms with Crippen molar-refractivity contribution in [3.63, 3.8) is 0 Å². The number of thiazole rings is 1. The van der Waals surface area contributed by atoms with E-state index >= 15 is 0 Å². The number of aromatic nitrogens is 1. The van der Waals surface area contributed by atoms with E-state index < -0.39 is 0 Å². The minimum absolute atomic E-state index is 0.129. The van der Waals surface area contributed by atoms with Crippen molar-refractivity contribution < 1.29 is 0 Å². The first-order valence-electron chi connectivity index (χ1n) is 5.48. The van der Waals surface area contributed by atoms with E-state index in [9.17, 15) is 0 Å². The van der Waals surface area contributed by atoms with Gasteiger partial charge in [-0.3, -0.25) is 0 Å². The van der Waals surface area contributed by atoms with Crippen molar-refractivity contribution >= 4 is 33.0 Å². The van der Waals surface area contributed by atoms with Gasteiger partial charge in [0.1, 0.15) is 5.01 Å². The minimum Gasteiger partial charge on any atom is -0.376 e. The molecule has 0 saturated heterocycles. The van der Waals surface area contributed by atoms with E-state index in [0.29, 0.717) is 5.56 Å². The summed E-state index contributed by atoms with van der Waals surface area (Å²) in [7, 11) is 0. The summed E-state index contributed by atoms with van der Waals surface area (Å²) >= 11 is 5.08. The van der Waals surface area contributed by atoms with Crippen LogP contribution >= 0.6 is 27.3 Å². The van der Waals surface area contributed by atoms with E-state index in [1.165, 1.54) is 4.88 Å². The zero-order valence-corrected chi connectivity index (χ0v) is 12.5. The molecule has 0 bridgehead atoms. The Bertz CT molecular complexity index is 601. The number of nitrogens with zero attached hydrogens (tertiary/aromatic N) is 2. The van der Waals surface area contributed by atoms with Crippen LogP contribution in [0, 0.1) is 18.3 Å². The predicted molar refractivity (Wildman–Crippen MR) is 77.7 cm³/mol. The van der Waals surface area contributed by atoms with Crippen molar-refractivity contribution in [2.75, 3.05) is 5.32 Å². The van der Waals surface area contributed by atoms with Gasteiger partial charge in [-0.15, -0.1) is 11.3 Å². The van der Waals surface area contributed by atoms with Gasteiger partial charge in [0.2, 0.25) is 0 Å². The number of aryl methyl sites for hydroxylation is 1. The largest absolute Gasteiger partial charge is 0.376 e. The molecule has 3 nitrogen and oxygen atoms in total. The number of hydrogen-bond acceptors (Lipinski definition) is 4. The molecule has 1 atom stereocenters. The monoisotopic (exact) mass is 321 g/mol. The van der Waals surface area contributed by atoms with E-state index in [0.717, 1.165) is 15.2 Å². The molecule has 0 fully saturated rings. The van der Waals surface area contributed by atoms with Crippen LogP contribution in [-0.2, 0) is 0 Å². The molecule has 0 radical (unpaired) electrons. The van der Waals surface area contributed by atoms with E-state index in [1.54, 1.807) is 17.4 Å². The van der Waals surface area contributed by atoms with Crippen LogP contribution in [0.1, 0.15) is 28.4 Å². The Kier molecular flexibility index (Phi) is 4.00. The van der Waals surface area contributed by atoms with Crippen LogP contribution in [0.3, 0.4) is 0 Å². The lowest BCUT2D eigenvalue weighted by Crippen LogP contribution is -2.06. The van der Waals surface area contributed by atoms with Crippen LogP contribution in [0.5, 0.6) is 0 Å². The van der Waals surface area contributed by atoms with Gasteiger partial charge in [0.05, 0.1) is 17.7 Å². The summed E-state index contributed by atoms with van der Waals surface area (Å²) in [5, 5.41) is 13.3. The van der Waals surface area contributed by atoms with Gasteiger partial charge in [0.15, 0.2) is 0 Å². The average molecular weight is 322 g/mol. The summed E-state index contributed by atoms with van der Waals surface area (Å²) < 4.78 is 0.895. The Morgan fingerprint density at radius 1 is 1.44 bits per heavy atom. The van der Waals surface area contributed by atoms with Crippen molar-refractivity contribution in [2.45, 2.75) is 19.9 Å². The van der Waals surface area contributed by atoms with Crippen molar-refractivity contribution in [2.24, 2.45) is 0 Å². The van der Waals surface area contributed by atoms with Crippen LogP contribution < -0.4 is 5.32 Å². The maximum atomic E-state index is 8.93. The summed E-state index contributed by atoms with van der Waals surface area (Å²) in [6.45, 7) is 4.10. The Morgan fingerprint density at radius 2 is 2.22 bits per heavy atom. The second kappa shape index (κ2) is 5.51. The van der Waals surface area contributed by atoms with Crippen molar-refractivity contribution in [1.82, 2.24) is 4.98 Å². The third-order valence-corrected chi connectivity index (χ3v) is 3.97. The first kappa shape index (κ1) is 13.1. The molecule has 0 aliphatic heterocycles. The molecule has 1 aromatic carbocycles. The van der Waals surface area contributed by atoms with Gasteiger partial charge < -0.3 is 5.32 Å². The fourth-order valence-electron chi connectivity index (χ4n) is 1.62. The van der Waals surface area contributed by atoms with E-state index in [-0.39, 0.29) is 6.04 Å². The number of anilines is 1. The Hall–Kier alpha value is -1.38. The van der Waals surface area contributed by atoms with E-state index in [4.69, 9.17) is 5.26 Å². The second-order valence-corrected chi connectivity index (χ2v) is 6.20. The molecule has 1 aromatic heterocycles. The first-order valence-corrected chi connectivity index (χ1v) is 7.09. The van der Waals surface area contributed by atoms with Gasteiger partial charge in [-0.05, 0) is 32.0 Å². The van der Waals surface area contributed by atoms with Gasteiger partial charge >= 0.3 is 0 Å². The number of nitriles is 1. The topological polar surface area (TPSA) is 48.7 Å². The maximum absolute atomic E-state index is 8.93. The summed E-state index contributed by atoms with van der Waals surface area (Å²) in [6, 6.07) is 7.86. The van der Waals surface area contributed by atoms with Gasteiger partial charge in [-0.1, -0.05) is 15.9 Å². The van der Waals surface area contributed by atoms with Crippen LogP contribution in [-0.4, -0.2) is 4.98 Å². The zero-order chi connectivity index (χ0) is 13.1. The molecule has 1 unspecified atom stereocenters. The molecule has 1 N–H and O–H groups in total. The molecule has 5 heteroatoms. The summed E-state index contributed by atoms with van der Waals surface area (Å²) in [5.41, 5.74) is 1.55. The smallest absolute Gasteiger partial charge is 0.115 e. The highest BCUT2D eigenvalue weighted by Gasteiger charge is 2.10. The van der Waals surface area contributed by atoms with Crippen LogP contribution in [0.2, 0.25) is 0 Å². The third-order valence-electron chi connectivity index (χ3n) is 2.42. The normalized spacial score (nSPS) is 11.9. The SMILES string of the molecule is Cc1cnc(C(C)Nc2cc(Br)cc(C#N)c2)s1. The average Bonchev–Trinajstić information content (AvgIpc) is 2.75. The molecular formula is C13H12BrN3S. The highest BCUT2D eigenvalue weighted by Crippen LogP contribution is 2.25. The molecule has 18 heavy (non-hydrogen) atoms. The molecular weight excluding hydrogens is 310 g/mol. The Balaban J connectivity index is 2.19. The lowest BCUT2D eigenvalue weighted by atomic mass is 10.2. The molecule has 2 aromatic rings. The van der Waals surface area contributed by atoms with Crippen molar-refractivity contribution in [3.8, 4) is 6.07 Å². The summed E-state index contributed by atoms with van der Waals surface area (Å²) in [5.74, 6) is 0. The van der Waals surface area contributed by atoms with Crippen LogP contribution in [0.25, 0.3) is 0 Å².